The molecule has 0 saturated heterocycles. The van der Waals surface area contributed by atoms with E-state index in [4.69, 9.17) is 0 Å². The summed E-state index contributed by atoms with van der Waals surface area (Å²) in [5, 5.41) is 20.1. The molecule has 0 aromatic heterocycles. The highest BCUT2D eigenvalue weighted by Crippen LogP contribution is 2.17. The van der Waals surface area contributed by atoms with E-state index in [1.807, 2.05) is 0 Å². The first kappa shape index (κ1) is 15.5. The van der Waals surface area contributed by atoms with Gasteiger partial charge in [0.2, 0.25) is 10.0 Å². The number of aliphatic hydroxyl groups is 1. The highest BCUT2D eigenvalue weighted by atomic mass is 32.2. The molecule has 106 valence electrons. The molecule has 7 nitrogen and oxygen atoms in total. The number of hydrogen-bond donors (Lipinski definition) is 2. The Morgan fingerprint density at radius 1 is 1.42 bits per heavy atom. The van der Waals surface area contributed by atoms with Crippen molar-refractivity contribution in [2.24, 2.45) is 5.92 Å². The zero-order valence-electron chi connectivity index (χ0n) is 10.6. The number of aliphatic hydroxyl groups excluding tert-OH is 1. The average Bonchev–Trinajstić information content (AvgIpc) is 2.36. The van der Waals surface area contributed by atoms with Gasteiger partial charge in [0, 0.05) is 18.7 Å². The molecule has 1 aromatic carbocycles. The van der Waals surface area contributed by atoms with Crippen LogP contribution in [0.5, 0.6) is 0 Å². The molecule has 19 heavy (non-hydrogen) atoms. The molecule has 0 fully saturated rings. The van der Waals surface area contributed by atoms with Gasteiger partial charge in [0.05, 0.1) is 15.9 Å². The third-order valence-corrected chi connectivity index (χ3v) is 4.01. The van der Waals surface area contributed by atoms with Crippen LogP contribution < -0.4 is 4.72 Å². The Bertz CT molecular complexity index is 556. The predicted molar refractivity (Wildman–Crippen MR) is 69.1 cm³/mol. The van der Waals surface area contributed by atoms with Crippen LogP contribution in [0.15, 0.2) is 29.2 Å². The molecule has 8 heteroatoms. The van der Waals surface area contributed by atoms with Crippen LogP contribution in [0.4, 0.5) is 5.69 Å². The van der Waals surface area contributed by atoms with Crippen molar-refractivity contribution in [1.29, 1.82) is 0 Å². The predicted octanol–water partition coefficient (Wildman–Crippen LogP) is 0.890. The standard InChI is InChI=1S/C11H16N2O5S/c1-8(2)11(14)7-12-19(17,18)10-5-3-4-9(6-10)13(15)16/h3-6,8,11-12,14H,7H2,1-2H3. The highest BCUT2D eigenvalue weighted by molar-refractivity contribution is 7.89. The number of nitrogens with one attached hydrogen (secondary N) is 1. The monoisotopic (exact) mass is 288 g/mol. The van der Waals surface area contributed by atoms with Crippen LogP contribution in [-0.2, 0) is 10.0 Å². The largest absolute Gasteiger partial charge is 0.391 e. The fourth-order valence-corrected chi connectivity index (χ4v) is 2.37. The van der Waals surface area contributed by atoms with Gasteiger partial charge < -0.3 is 5.11 Å². The minimum atomic E-state index is -3.86. The zero-order chi connectivity index (χ0) is 14.6. The fraction of sp³-hybridized carbons (Fsp3) is 0.455. The second kappa shape index (κ2) is 6.09. The summed E-state index contributed by atoms with van der Waals surface area (Å²) in [6.45, 7) is 3.38. The summed E-state index contributed by atoms with van der Waals surface area (Å²) in [6, 6.07) is 4.74. The molecular weight excluding hydrogens is 272 g/mol. The minimum Gasteiger partial charge on any atom is -0.391 e. The van der Waals surface area contributed by atoms with Gasteiger partial charge in [0.15, 0.2) is 0 Å². The van der Waals surface area contributed by atoms with Crippen molar-refractivity contribution in [3.63, 3.8) is 0 Å². The molecule has 0 aliphatic carbocycles. The third kappa shape index (κ3) is 4.27. The maximum atomic E-state index is 11.9. The molecule has 0 bridgehead atoms. The van der Waals surface area contributed by atoms with Crippen molar-refractivity contribution in [2.45, 2.75) is 24.8 Å². The molecule has 1 rings (SSSR count). The van der Waals surface area contributed by atoms with Crippen LogP contribution in [0, 0.1) is 16.0 Å². The first-order valence-electron chi connectivity index (χ1n) is 5.66. The smallest absolute Gasteiger partial charge is 0.270 e. The normalized spacial score (nSPS) is 13.5. The van der Waals surface area contributed by atoms with Gasteiger partial charge in [-0.15, -0.1) is 0 Å². The van der Waals surface area contributed by atoms with Crippen molar-refractivity contribution in [2.75, 3.05) is 6.54 Å². The van der Waals surface area contributed by atoms with E-state index in [1.54, 1.807) is 13.8 Å². The van der Waals surface area contributed by atoms with Crippen molar-refractivity contribution in [1.82, 2.24) is 4.72 Å². The van der Waals surface area contributed by atoms with Crippen LogP contribution in [0.25, 0.3) is 0 Å². The fourth-order valence-electron chi connectivity index (χ4n) is 1.28. The lowest BCUT2D eigenvalue weighted by Crippen LogP contribution is -2.34. The molecule has 0 aliphatic heterocycles. The van der Waals surface area contributed by atoms with Gasteiger partial charge in [-0.05, 0) is 12.0 Å². The maximum absolute atomic E-state index is 11.9. The van der Waals surface area contributed by atoms with Gasteiger partial charge in [0.25, 0.3) is 5.69 Å². The SMILES string of the molecule is CC(C)C(O)CNS(=O)(=O)c1cccc([N+](=O)[O-])c1. The molecule has 1 atom stereocenters. The van der Waals surface area contributed by atoms with E-state index in [2.05, 4.69) is 4.72 Å². The van der Waals surface area contributed by atoms with Crippen LogP contribution in [-0.4, -0.2) is 31.1 Å². The molecule has 1 unspecified atom stereocenters. The molecule has 2 N–H and O–H groups in total. The lowest BCUT2D eigenvalue weighted by atomic mass is 10.1. The molecule has 1 aromatic rings. The van der Waals surface area contributed by atoms with Gasteiger partial charge in [-0.2, -0.15) is 0 Å². The quantitative estimate of drug-likeness (QED) is 0.596. The highest BCUT2D eigenvalue weighted by Gasteiger charge is 2.19. The summed E-state index contributed by atoms with van der Waals surface area (Å²) in [4.78, 5) is 9.72. The lowest BCUT2D eigenvalue weighted by Gasteiger charge is -2.15. The molecule has 0 spiro atoms. The van der Waals surface area contributed by atoms with Gasteiger partial charge in [-0.1, -0.05) is 19.9 Å². The number of nitro benzene ring substituents is 1. The zero-order valence-corrected chi connectivity index (χ0v) is 11.4. The summed E-state index contributed by atoms with van der Waals surface area (Å²) in [6.07, 6.45) is -0.812. The van der Waals surface area contributed by atoms with Crippen LogP contribution >= 0.6 is 0 Å². The Morgan fingerprint density at radius 2 is 2.05 bits per heavy atom. The van der Waals surface area contributed by atoms with E-state index < -0.39 is 21.1 Å². The number of hydrogen-bond acceptors (Lipinski definition) is 5. The van der Waals surface area contributed by atoms with E-state index in [0.29, 0.717) is 0 Å². The summed E-state index contributed by atoms with van der Waals surface area (Å²) < 4.78 is 26.0. The molecule has 0 saturated carbocycles. The van der Waals surface area contributed by atoms with E-state index in [1.165, 1.54) is 18.2 Å². The molecule has 0 radical (unpaired) electrons. The van der Waals surface area contributed by atoms with Gasteiger partial charge >= 0.3 is 0 Å². The summed E-state index contributed by atoms with van der Waals surface area (Å²) in [5.74, 6) is -0.0900. The Morgan fingerprint density at radius 3 is 2.58 bits per heavy atom. The Hall–Kier alpha value is -1.51. The van der Waals surface area contributed by atoms with Crippen molar-refractivity contribution < 1.29 is 18.4 Å². The van der Waals surface area contributed by atoms with Crippen molar-refractivity contribution in [3.8, 4) is 0 Å². The Balaban J connectivity index is 2.89. The average molecular weight is 288 g/mol. The lowest BCUT2D eigenvalue weighted by molar-refractivity contribution is -0.385. The summed E-state index contributed by atoms with van der Waals surface area (Å²) in [5.41, 5.74) is -0.299. The van der Waals surface area contributed by atoms with Gasteiger partial charge in [-0.25, -0.2) is 13.1 Å². The van der Waals surface area contributed by atoms with Crippen molar-refractivity contribution >= 4 is 15.7 Å². The van der Waals surface area contributed by atoms with Crippen molar-refractivity contribution in [3.05, 3.63) is 34.4 Å². The van der Waals surface area contributed by atoms with E-state index in [9.17, 15) is 23.6 Å². The van der Waals surface area contributed by atoms with Gasteiger partial charge in [-0.3, -0.25) is 10.1 Å². The first-order valence-corrected chi connectivity index (χ1v) is 7.14. The molecule has 0 aliphatic rings. The van der Waals surface area contributed by atoms with E-state index >= 15 is 0 Å². The molecular formula is C11H16N2O5S. The number of nitrogens with zero attached hydrogens (tertiary/aromatic N) is 1. The third-order valence-electron chi connectivity index (χ3n) is 2.59. The topological polar surface area (TPSA) is 110 Å². The van der Waals surface area contributed by atoms with Crippen LogP contribution in [0.1, 0.15) is 13.8 Å². The Kier molecular flexibility index (Phi) is 4.98. The molecule has 0 heterocycles. The first-order chi connectivity index (χ1) is 8.74. The van der Waals surface area contributed by atoms with Crippen LogP contribution in [0.2, 0.25) is 0 Å². The Labute approximate surface area is 111 Å². The number of benzene rings is 1. The number of nitro groups is 1. The number of rotatable bonds is 6. The second-order valence-electron chi connectivity index (χ2n) is 4.42. The minimum absolute atomic E-state index is 0.0900. The van der Waals surface area contributed by atoms with E-state index in [-0.39, 0.29) is 23.0 Å². The van der Waals surface area contributed by atoms with Gasteiger partial charge in [0.1, 0.15) is 0 Å². The molecule has 0 amide bonds. The maximum Gasteiger partial charge on any atom is 0.270 e. The summed E-state index contributed by atoms with van der Waals surface area (Å²) >= 11 is 0. The van der Waals surface area contributed by atoms with E-state index in [0.717, 1.165) is 6.07 Å². The number of non-ortho nitro benzene ring substituents is 1. The number of sulfonamides is 1. The van der Waals surface area contributed by atoms with Crippen LogP contribution in [0.3, 0.4) is 0 Å². The second-order valence-corrected chi connectivity index (χ2v) is 6.18. The summed E-state index contributed by atoms with van der Waals surface area (Å²) in [7, 11) is -3.86.